The summed E-state index contributed by atoms with van der Waals surface area (Å²) < 4.78 is 0. The highest BCUT2D eigenvalue weighted by atomic mass is 32.2. The molecule has 0 saturated heterocycles. The predicted molar refractivity (Wildman–Crippen MR) is 114 cm³/mol. The monoisotopic (exact) mass is 385 g/mol. The first-order chi connectivity index (χ1) is 13.7. The molecule has 1 atom stereocenters. The molecule has 2 heterocycles. The number of nitrogens with one attached hydrogen (secondary N) is 1. The maximum atomic E-state index is 13.6. The zero-order valence-corrected chi connectivity index (χ0v) is 16.2. The van der Waals surface area contributed by atoms with E-state index in [0.717, 1.165) is 27.4 Å². The fraction of sp³-hybridized carbons (Fsp3) is 0.130. The summed E-state index contributed by atoms with van der Waals surface area (Å²) in [7, 11) is 0. The number of anilines is 1. The molecule has 0 aliphatic carbocycles. The van der Waals surface area contributed by atoms with Crippen LogP contribution < -0.4 is 10.3 Å². The number of hydrogen-bond acceptors (Lipinski definition) is 4. The van der Waals surface area contributed by atoms with Crippen LogP contribution in [0.25, 0.3) is 0 Å². The van der Waals surface area contributed by atoms with Crippen LogP contribution in [0.2, 0.25) is 0 Å². The summed E-state index contributed by atoms with van der Waals surface area (Å²) in [6.45, 7) is 2.63. The molecule has 2 aliphatic rings. The Morgan fingerprint density at radius 2 is 1.68 bits per heavy atom. The average molecular weight is 385 g/mol. The van der Waals surface area contributed by atoms with Gasteiger partial charge in [-0.05, 0) is 24.1 Å². The molecule has 3 aromatic rings. The Bertz CT molecular complexity index is 1100. The molecule has 28 heavy (non-hydrogen) atoms. The van der Waals surface area contributed by atoms with Crippen molar-refractivity contribution in [3.8, 4) is 0 Å². The van der Waals surface area contributed by atoms with E-state index >= 15 is 0 Å². The molecule has 138 valence electrons. The van der Waals surface area contributed by atoms with E-state index in [9.17, 15) is 4.79 Å². The van der Waals surface area contributed by atoms with Gasteiger partial charge in [-0.3, -0.25) is 10.2 Å². The van der Waals surface area contributed by atoms with Gasteiger partial charge in [-0.1, -0.05) is 84.6 Å². The Labute approximate surface area is 168 Å². The lowest BCUT2D eigenvalue weighted by Gasteiger charge is -2.23. The van der Waals surface area contributed by atoms with Crippen molar-refractivity contribution in [1.82, 2.24) is 5.43 Å². The van der Waals surface area contributed by atoms with E-state index in [4.69, 9.17) is 0 Å². The topological polar surface area (TPSA) is 44.7 Å². The molecular weight excluding hydrogens is 366 g/mol. The van der Waals surface area contributed by atoms with Crippen LogP contribution in [-0.2, 0) is 16.2 Å². The number of nitrogens with zero attached hydrogens (tertiary/aromatic N) is 2. The lowest BCUT2D eigenvalue weighted by atomic mass is 10.1. The van der Waals surface area contributed by atoms with E-state index in [2.05, 4.69) is 29.6 Å². The lowest BCUT2D eigenvalue weighted by Crippen LogP contribution is -2.44. The number of fused-ring (bicyclic) bond motifs is 2. The Balaban J connectivity index is 1.53. The van der Waals surface area contributed by atoms with Crippen LogP contribution in [0.3, 0.4) is 0 Å². The minimum Gasteiger partial charge on any atom is -0.304 e. The number of hydrazone groups is 1. The maximum Gasteiger partial charge on any atom is 0.270 e. The summed E-state index contributed by atoms with van der Waals surface area (Å²) in [5.41, 5.74) is 8.43. The van der Waals surface area contributed by atoms with Gasteiger partial charge in [-0.15, -0.1) is 0 Å². The van der Waals surface area contributed by atoms with Gasteiger partial charge in [0.15, 0.2) is 0 Å². The smallest absolute Gasteiger partial charge is 0.270 e. The summed E-state index contributed by atoms with van der Waals surface area (Å²) in [4.78, 5) is 14.6. The molecule has 0 radical (unpaired) electrons. The Morgan fingerprint density at radius 3 is 2.50 bits per heavy atom. The predicted octanol–water partition coefficient (Wildman–Crippen LogP) is 4.39. The number of carbonyl (C=O) groups is 1. The molecule has 1 N–H and O–H groups in total. The van der Waals surface area contributed by atoms with Gasteiger partial charge in [-0.25, -0.2) is 0 Å². The standard InChI is InChI=1S/C23H19N3OS/c1-16-9-5-6-12-18(16)15-26-20-14-8-7-13-19(20)23(22(26)27)25-24-21(28-23)17-10-3-2-4-11-17/h2-14,25H,15H2,1H3. The summed E-state index contributed by atoms with van der Waals surface area (Å²) in [5.74, 6) is 0.0247. The van der Waals surface area contributed by atoms with Crippen LogP contribution in [0.5, 0.6) is 0 Å². The SMILES string of the molecule is Cc1ccccc1CN1C(=O)C2(NN=C(c3ccccc3)S2)c2ccccc21. The minimum absolute atomic E-state index is 0.0247. The Kier molecular flexibility index (Phi) is 3.98. The fourth-order valence-electron chi connectivity index (χ4n) is 3.77. The van der Waals surface area contributed by atoms with Crippen LogP contribution in [0.1, 0.15) is 22.3 Å². The zero-order valence-electron chi connectivity index (χ0n) is 15.4. The lowest BCUT2D eigenvalue weighted by molar-refractivity contribution is -0.121. The molecule has 2 aliphatic heterocycles. The number of amides is 1. The van der Waals surface area contributed by atoms with Crippen molar-refractivity contribution in [2.75, 3.05) is 4.90 Å². The molecule has 3 aromatic carbocycles. The highest BCUT2D eigenvalue weighted by Gasteiger charge is 2.55. The first-order valence-corrected chi connectivity index (χ1v) is 10.1. The second-order valence-electron chi connectivity index (χ2n) is 7.01. The van der Waals surface area contributed by atoms with Crippen LogP contribution in [0.15, 0.2) is 84.0 Å². The van der Waals surface area contributed by atoms with Gasteiger partial charge < -0.3 is 4.90 Å². The van der Waals surface area contributed by atoms with Crippen molar-refractivity contribution < 1.29 is 4.79 Å². The van der Waals surface area contributed by atoms with Gasteiger partial charge in [0, 0.05) is 11.1 Å². The molecule has 0 aromatic heterocycles. The average Bonchev–Trinajstić information content (AvgIpc) is 3.28. The highest BCUT2D eigenvalue weighted by molar-refractivity contribution is 8.16. The molecule has 5 heteroatoms. The summed E-state index contributed by atoms with van der Waals surface area (Å²) >= 11 is 1.49. The second kappa shape index (κ2) is 6.53. The van der Waals surface area contributed by atoms with Gasteiger partial charge in [0.05, 0.1) is 12.2 Å². The van der Waals surface area contributed by atoms with Gasteiger partial charge in [0.1, 0.15) is 5.04 Å². The quantitative estimate of drug-likeness (QED) is 0.727. The third kappa shape index (κ3) is 2.54. The summed E-state index contributed by atoms with van der Waals surface area (Å²) in [5, 5.41) is 5.37. The van der Waals surface area contributed by atoms with Crippen molar-refractivity contribution in [2.24, 2.45) is 5.10 Å². The number of benzene rings is 3. The van der Waals surface area contributed by atoms with Crippen LogP contribution in [0.4, 0.5) is 5.69 Å². The first kappa shape index (κ1) is 17.1. The van der Waals surface area contributed by atoms with E-state index in [1.807, 2.05) is 71.6 Å². The molecule has 0 saturated carbocycles. The van der Waals surface area contributed by atoms with Crippen molar-refractivity contribution in [1.29, 1.82) is 0 Å². The molecule has 1 spiro atoms. The van der Waals surface area contributed by atoms with E-state index in [1.165, 1.54) is 17.3 Å². The van der Waals surface area contributed by atoms with E-state index in [1.54, 1.807) is 0 Å². The summed E-state index contributed by atoms with van der Waals surface area (Å²) in [6, 6.07) is 26.2. The van der Waals surface area contributed by atoms with Crippen LogP contribution in [-0.4, -0.2) is 11.0 Å². The molecule has 1 unspecified atom stereocenters. The van der Waals surface area contributed by atoms with E-state index < -0.39 is 4.87 Å². The Hall–Kier alpha value is -3.05. The van der Waals surface area contributed by atoms with Crippen molar-refractivity contribution >= 4 is 28.4 Å². The van der Waals surface area contributed by atoms with Gasteiger partial charge in [0.25, 0.3) is 5.91 Å². The Morgan fingerprint density at radius 1 is 0.964 bits per heavy atom. The number of hydrogen-bond donors (Lipinski definition) is 1. The van der Waals surface area contributed by atoms with Crippen molar-refractivity contribution in [3.63, 3.8) is 0 Å². The molecule has 1 amide bonds. The van der Waals surface area contributed by atoms with Gasteiger partial charge in [0.2, 0.25) is 4.87 Å². The van der Waals surface area contributed by atoms with Crippen molar-refractivity contribution in [2.45, 2.75) is 18.3 Å². The normalized spacial score (nSPS) is 20.2. The van der Waals surface area contributed by atoms with Gasteiger partial charge >= 0.3 is 0 Å². The molecule has 4 nitrogen and oxygen atoms in total. The van der Waals surface area contributed by atoms with E-state index in [-0.39, 0.29) is 5.91 Å². The van der Waals surface area contributed by atoms with Crippen molar-refractivity contribution in [3.05, 3.63) is 101 Å². The van der Waals surface area contributed by atoms with Crippen LogP contribution >= 0.6 is 11.8 Å². The number of rotatable bonds is 3. The highest BCUT2D eigenvalue weighted by Crippen LogP contribution is 2.50. The third-order valence-electron chi connectivity index (χ3n) is 5.30. The van der Waals surface area contributed by atoms with Crippen LogP contribution in [0, 0.1) is 6.92 Å². The molecule has 0 fully saturated rings. The molecule has 5 rings (SSSR count). The maximum absolute atomic E-state index is 13.6. The second-order valence-corrected chi connectivity index (χ2v) is 8.22. The van der Waals surface area contributed by atoms with E-state index in [0.29, 0.717) is 6.54 Å². The number of carbonyl (C=O) groups excluding carboxylic acids is 1. The largest absolute Gasteiger partial charge is 0.304 e. The third-order valence-corrected chi connectivity index (χ3v) is 6.61. The number of aryl methyl sites for hydroxylation is 1. The molecular formula is C23H19N3OS. The zero-order chi connectivity index (χ0) is 19.1. The fourth-order valence-corrected chi connectivity index (χ4v) is 4.97. The molecule has 0 bridgehead atoms. The minimum atomic E-state index is -0.898. The number of thioether (sulfide) groups is 1. The number of para-hydroxylation sites is 1. The van der Waals surface area contributed by atoms with Gasteiger partial charge in [-0.2, -0.15) is 5.10 Å². The first-order valence-electron chi connectivity index (χ1n) is 9.24. The summed E-state index contributed by atoms with van der Waals surface area (Å²) in [6.07, 6.45) is 0.